The highest BCUT2D eigenvalue weighted by molar-refractivity contribution is 7.26. The van der Waals surface area contributed by atoms with Gasteiger partial charge in [0.05, 0.1) is 33.7 Å². The number of hydrogen-bond donors (Lipinski definition) is 0. The van der Waals surface area contributed by atoms with Crippen LogP contribution in [0.25, 0.3) is 96.8 Å². The first-order valence-electron chi connectivity index (χ1n) is 21.3. The van der Waals surface area contributed by atoms with Gasteiger partial charge in [0, 0.05) is 58.8 Å². The Morgan fingerprint density at radius 1 is 0.532 bits per heavy atom. The van der Waals surface area contributed by atoms with Crippen molar-refractivity contribution in [2.75, 3.05) is 0 Å². The van der Waals surface area contributed by atoms with Gasteiger partial charge >= 0.3 is 0 Å². The highest BCUT2D eigenvalue weighted by atomic mass is 32.1. The molecule has 13 rings (SSSR count). The molecule has 1 aliphatic heterocycles. The fraction of sp³-hybridized carbons (Fsp3) is 0.0526. The standard InChI is InChI=1S/C57H37N3OS/c1-34-28-30-47(58-57(44-23-12-17-35-14-4-5-18-38(35)44)59-54(34)45-24-13-22-43-41-21-8-11-27-52(41)62-56(43)45)53-49(31-29-42-40-20-7-10-26-51(40)61-55(42)53)60-48-25-9-6-19-39(48)46-32-36-15-2-3-16-37(36)33-50(46)60/h2-27,29-34H,28H2,1H3/b47-30+,58-57-,59-54+. The molecule has 62 heavy (non-hydrogen) atoms. The minimum atomic E-state index is 0.0687. The number of nitrogens with zero attached hydrogens (tertiary/aromatic N) is 3. The third-order valence-electron chi connectivity index (χ3n) is 12.9. The normalized spacial score (nSPS) is 17.4. The first kappa shape index (κ1) is 35.2. The number of hydrogen-bond acceptors (Lipinski definition) is 4. The van der Waals surface area contributed by atoms with E-state index < -0.39 is 0 Å². The molecule has 0 N–H and O–H groups in total. The van der Waals surface area contributed by atoms with E-state index in [-0.39, 0.29) is 5.92 Å². The zero-order valence-electron chi connectivity index (χ0n) is 33.8. The number of para-hydroxylation sites is 2. The number of aromatic nitrogens is 1. The van der Waals surface area contributed by atoms with Gasteiger partial charge < -0.3 is 8.98 Å². The van der Waals surface area contributed by atoms with Crippen LogP contribution in [0.3, 0.4) is 0 Å². The van der Waals surface area contributed by atoms with Crippen molar-refractivity contribution < 1.29 is 4.42 Å². The molecule has 1 aliphatic rings. The van der Waals surface area contributed by atoms with Gasteiger partial charge in [0.1, 0.15) is 11.2 Å². The minimum absolute atomic E-state index is 0.0687. The largest absolute Gasteiger partial charge is 0.455 e. The molecule has 5 heteroatoms. The molecule has 1 unspecified atom stereocenters. The van der Waals surface area contributed by atoms with Gasteiger partial charge in [-0.1, -0.05) is 153 Å². The second-order valence-electron chi connectivity index (χ2n) is 16.5. The van der Waals surface area contributed by atoms with E-state index in [1.54, 1.807) is 0 Å². The van der Waals surface area contributed by atoms with E-state index in [1.165, 1.54) is 47.3 Å². The van der Waals surface area contributed by atoms with Gasteiger partial charge in [-0.05, 0) is 70.4 Å². The van der Waals surface area contributed by atoms with Crippen LogP contribution in [0.1, 0.15) is 30.0 Å². The molecule has 9 aromatic carbocycles. The molecule has 0 amide bonds. The van der Waals surface area contributed by atoms with Crippen molar-refractivity contribution >= 4 is 114 Å². The Balaban J connectivity index is 1.13. The Morgan fingerprint density at radius 3 is 2.10 bits per heavy atom. The van der Waals surface area contributed by atoms with Crippen LogP contribution in [0.4, 0.5) is 0 Å². The molecule has 0 saturated heterocycles. The van der Waals surface area contributed by atoms with Gasteiger partial charge in [-0.25, -0.2) is 9.98 Å². The fourth-order valence-electron chi connectivity index (χ4n) is 9.91. The van der Waals surface area contributed by atoms with Gasteiger partial charge in [0.25, 0.3) is 0 Å². The lowest BCUT2D eigenvalue weighted by molar-refractivity contribution is 0.667. The Hall–Kier alpha value is -7.60. The van der Waals surface area contributed by atoms with Crippen LogP contribution in [0, 0.1) is 5.92 Å². The van der Waals surface area contributed by atoms with Gasteiger partial charge in [0.2, 0.25) is 0 Å². The van der Waals surface area contributed by atoms with Crippen LogP contribution < -0.4 is 0 Å². The Labute approximate surface area is 361 Å². The number of amidine groups is 1. The third kappa shape index (κ3) is 5.31. The summed E-state index contributed by atoms with van der Waals surface area (Å²) >= 11 is 1.85. The van der Waals surface area contributed by atoms with Crippen molar-refractivity contribution in [2.45, 2.75) is 13.3 Å². The number of rotatable bonds is 4. The molecule has 0 radical (unpaired) electrons. The molecule has 292 valence electrons. The molecule has 12 aromatic rings. The zero-order chi connectivity index (χ0) is 40.9. The number of furan rings is 1. The van der Waals surface area contributed by atoms with Crippen molar-refractivity contribution in [1.29, 1.82) is 0 Å². The Morgan fingerprint density at radius 2 is 1.21 bits per heavy atom. The molecule has 0 aliphatic carbocycles. The monoisotopic (exact) mass is 811 g/mol. The van der Waals surface area contributed by atoms with E-state index in [0.29, 0.717) is 5.84 Å². The summed E-state index contributed by atoms with van der Waals surface area (Å²) in [7, 11) is 0. The molecule has 0 spiro atoms. The summed E-state index contributed by atoms with van der Waals surface area (Å²) in [5.41, 5.74) is 9.93. The number of allylic oxidation sites excluding steroid dienone is 1. The van der Waals surface area contributed by atoms with Gasteiger partial charge in [-0.2, -0.15) is 0 Å². The summed E-state index contributed by atoms with van der Waals surface area (Å²) < 4.78 is 12.0. The van der Waals surface area contributed by atoms with E-state index in [2.05, 4.69) is 193 Å². The maximum Gasteiger partial charge on any atom is 0.160 e. The summed E-state index contributed by atoms with van der Waals surface area (Å²) in [6, 6.07) is 65.3. The van der Waals surface area contributed by atoms with E-state index >= 15 is 0 Å². The van der Waals surface area contributed by atoms with Crippen molar-refractivity contribution in [2.24, 2.45) is 15.9 Å². The maximum atomic E-state index is 6.99. The quantitative estimate of drug-likeness (QED) is 0.175. The molecule has 0 bridgehead atoms. The van der Waals surface area contributed by atoms with Crippen molar-refractivity contribution in [3.63, 3.8) is 0 Å². The SMILES string of the molecule is CC1C/C=C(c2c(-n3c4ccccc4c4cc5ccccc5cc43)ccc3c2oc2ccccc23)/N=C(c2cccc3ccccc23)\N=C/1c1cccc2c1sc1ccccc12. The summed E-state index contributed by atoms with van der Waals surface area (Å²) in [6.45, 7) is 2.31. The zero-order valence-corrected chi connectivity index (χ0v) is 34.7. The first-order valence-corrected chi connectivity index (χ1v) is 22.1. The van der Waals surface area contributed by atoms with Gasteiger partial charge in [-0.15, -0.1) is 11.3 Å². The lowest BCUT2D eigenvalue weighted by Crippen LogP contribution is -2.17. The molecule has 0 saturated carbocycles. The Kier molecular flexibility index (Phi) is 7.78. The van der Waals surface area contributed by atoms with Crippen LogP contribution in [-0.2, 0) is 0 Å². The summed E-state index contributed by atoms with van der Waals surface area (Å²) in [6.07, 6.45) is 3.07. The second kappa shape index (κ2) is 13.7. The van der Waals surface area contributed by atoms with Crippen LogP contribution in [0.15, 0.2) is 202 Å². The number of thiophene rings is 1. The molecular weight excluding hydrogens is 775 g/mol. The minimum Gasteiger partial charge on any atom is -0.455 e. The van der Waals surface area contributed by atoms with Crippen molar-refractivity contribution in [3.05, 3.63) is 205 Å². The molecule has 1 atom stereocenters. The Bertz CT molecular complexity index is 3930. The number of aliphatic imine (C=N–C) groups is 2. The van der Waals surface area contributed by atoms with Crippen LogP contribution in [-0.4, -0.2) is 16.1 Å². The van der Waals surface area contributed by atoms with E-state index in [4.69, 9.17) is 14.4 Å². The summed E-state index contributed by atoms with van der Waals surface area (Å²) in [4.78, 5) is 11.5. The second-order valence-corrected chi connectivity index (χ2v) is 17.5. The smallest absolute Gasteiger partial charge is 0.160 e. The number of fused-ring (bicyclic) bond motifs is 11. The summed E-state index contributed by atoms with van der Waals surface area (Å²) in [5, 5.41) is 11.8. The first-order chi connectivity index (χ1) is 30.7. The van der Waals surface area contributed by atoms with Crippen molar-refractivity contribution in [3.8, 4) is 5.69 Å². The summed E-state index contributed by atoms with van der Waals surface area (Å²) in [5.74, 6) is 0.749. The number of benzene rings is 9. The van der Waals surface area contributed by atoms with E-state index in [9.17, 15) is 0 Å². The fourth-order valence-corrected chi connectivity index (χ4v) is 11.1. The predicted octanol–water partition coefficient (Wildman–Crippen LogP) is 15.7. The highest BCUT2D eigenvalue weighted by Crippen LogP contribution is 2.44. The van der Waals surface area contributed by atoms with E-state index in [0.717, 1.165) is 78.4 Å². The molecule has 3 aromatic heterocycles. The lowest BCUT2D eigenvalue weighted by Gasteiger charge is -2.21. The van der Waals surface area contributed by atoms with Crippen LogP contribution in [0.2, 0.25) is 0 Å². The van der Waals surface area contributed by atoms with Gasteiger partial charge in [0.15, 0.2) is 5.84 Å². The molecule has 4 heterocycles. The predicted molar refractivity (Wildman–Crippen MR) is 264 cm³/mol. The van der Waals surface area contributed by atoms with E-state index in [1.807, 2.05) is 17.4 Å². The van der Waals surface area contributed by atoms with Crippen LogP contribution in [0.5, 0.6) is 0 Å². The van der Waals surface area contributed by atoms with Crippen LogP contribution >= 0.6 is 11.3 Å². The maximum absolute atomic E-state index is 6.99. The highest BCUT2D eigenvalue weighted by Gasteiger charge is 2.27. The molecule has 0 fully saturated rings. The lowest BCUT2D eigenvalue weighted by atomic mass is 9.92. The third-order valence-corrected chi connectivity index (χ3v) is 14.1. The average Bonchev–Trinajstić information content (AvgIpc) is 3.99. The topological polar surface area (TPSA) is 42.8 Å². The van der Waals surface area contributed by atoms with Gasteiger partial charge in [-0.3, -0.25) is 0 Å². The molecule has 4 nitrogen and oxygen atoms in total. The molecular formula is C57H37N3OS. The average molecular weight is 812 g/mol. The van der Waals surface area contributed by atoms with Crippen molar-refractivity contribution in [1.82, 2.24) is 4.57 Å².